The van der Waals surface area contributed by atoms with Crippen LogP contribution in [0.5, 0.6) is 0 Å². The highest BCUT2D eigenvalue weighted by atomic mass is 32.2. The number of thioether (sulfide) groups is 1. The van der Waals surface area contributed by atoms with Crippen molar-refractivity contribution in [1.29, 1.82) is 0 Å². The van der Waals surface area contributed by atoms with E-state index in [1.807, 2.05) is 5.38 Å². The van der Waals surface area contributed by atoms with Gasteiger partial charge in [0, 0.05) is 12.6 Å². The molecule has 0 saturated heterocycles. The molecular weight excluding hydrogens is 268 g/mol. The number of rotatable bonds is 5. The molecule has 0 amide bonds. The molecule has 1 saturated carbocycles. The molecule has 0 spiro atoms. The summed E-state index contributed by atoms with van der Waals surface area (Å²) in [5.74, 6) is 0. The molecule has 1 unspecified atom stereocenters. The fraction of sp³-hybridized carbons (Fsp3) is 0.455. The van der Waals surface area contributed by atoms with Gasteiger partial charge in [-0.1, -0.05) is 11.8 Å². The highest BCUT2D eigenvalue weighted by Gasteiger charge is 2.29. The maximum Gasteiger partial charge on any atom is 0.344 e. The molecule has 0 bridgehead atoms. The Morgan fingerprint density at radius 3 is 3.11 bits per heavy atom. The first kappa shape index (κ1) is 12.0. The third-order valence-corrected chi connectivity index (χ3v) is 4.91. The number of aromatic amines is 1. The molecular formula is C11H14N4OS2. The maximum absolute atomic E-state index is 11.7. The van der Waals surface area contributed by atoms with Crippen molar-refractivity contribution < 1.29 is 0 Å². The predicted molar refractivity (Wildman–Crippen MR) is 73.1 cm³/mol. The normalized spacial score (nSPS) is 16.9. The molecule has 7 heteroatoms. The fourth-order valence-corrected chi connectivity index (χ4v) is 3.74. The van der Waals surface area contributed by atoms with E-state index in [4.69, 9.17) is 5.73 Å². The quantitative estimate of drug-likeness (QED) is 0.819. The lowest BCUT2D eigenvalue weighted by Crippen LogP contribution is -2.17. The van der Waals surface area contributed by atoms with Crippen molar-refractivity contribution in [3.63, 3.8) is 0 Å². The lowest BCUT2D eigenvalue weighted by Gasteiger charge is -2.12. The van der Waals surface area contributed by atoms with E-state index in [-0.39, 0.29) is 10.9 Å². The average Bonchev–Trinajstić information content (AvgIpc) is 2.92. The van der Waals surface area contributed by atoms with E-state index in [0.717, 1.165) is 18.0 Å². The molecule has 5 nitrogen and oxygen atoms in total. The third kappa shape index (κ3) is 2.25. The predicted octanol–water partition coefficient (Wildman–Crippen LogP) is 1.76. The summed E-state index contributed by atoms with van der Waals surface area (Å²) < 4.78 is 1.76. The highest BCUT2D eigenvalue weighted by Crippen LogP contribution is 2.39. The van der Waals surface area contributed by atoms with Crippen LogP contribution in [0.4, 0.5) is 0 Å². The summed E-state index contributed by atoms with van der Waals surface area (Å²) in [5.41, 5.74) is 6.91. The Kier molecular flexibility index (Phi) is 3.27. The van der Waals surface area contributed by atoms with Gasteiger partial charge in [-0.15, -0.1) is 5.10 Å². The average molecular weight is 282 g/mol. The zero-order valence-corrected chi connectivity index (χ0v) is 11.3. The molecule has 2 heterocycles. The first-order valence-corrected chi connectivity index (χ1v) is 7.67. The number of H-pyrrole nitrogens is 1. The minimum Gasteiger partial charge on any atom is -0.329 e. The summed E-state index contributed by atoms with van der Waals surface area (Å²) in [6.45, 7) is 0.535. The standard InChI is InChI=1S/C11H14N4OS2/c12-5-9(7-3-4-17-6-7)18-11-14-13-10(16)15(11)8-1-2-8/h3-4,6,8-9H,1-2,5,12H2,(H,13,16). The van der Waals surface area contributed by atoms with Crippen LogP contribution in [0.1, 0.15) is 29.7 Å². The van der Waals surface area contributed by atoms with Gasteiger partial charge in [0.25, 0.3) is 0 Å². The molecule has 3 N–H and O–H groups in total. The first-order chi connectivity index (χ1) is 8.79. The van der Waals surface area contributed by atoms with Gasteiger partial charge in [0.2, 0.25) is 0 Å². The van der Waals surface area contributed by atoms with Crippen molar-refractivity contribution in [1.82, 2.24) is 14.8 Å². The van der Waals surface area contributed by atoms with Gasteiger partial charge < -0.3 is 5.73 Å². The van der Waals surface area contributed by atoms with Gasteiger partial charge in [0.1, 0.15) is 0 Å². The molecule has 1 fully saturated rings. The van der Waals surface area contributed by atoms with Crippen molar-refractivity contribution in [3.05, 3.63) is 32.9 Å². The van der Waals surface area contributed by atoms with Gasteiger partial charge in [-0.25, -0.2) is 9.89 Å². The Morgan fingerprint density at radius 1 is 1.67 bits per heavy atom. The summed E-state index contributed by atoms with van der Waals surface area (Å²) in [4.78, 5) is 11.7. The van der Waals surface area contributed by atoms with Gasteiger partial charge in [-0.2, -0.15) is 11.3 Å². The van der Waals surface area contributed by atoms with E-state index in [9.17, 15) is 4.79 Å². The largest absolute Gasteiger partial charge is 0.344 e. The molecule has 3 rings (SSSR count). The number of nitrogens with zero attached hydrogens (tertiary/aromatic N) is 2. The number of nitrogens with one attached hydrogen (secondary N) is 1. The van der Waals surface area contributed by atoms with Gasteiger partial charge >= 0.3 is 5.69 Å². The van der Waals surface area contributed by atoms with E-state index >= 15 is 0 Å². The SMILES string of the molecule is NCC(Sc1n[nH]c(=O)n1C1CC1)c1ccsc1. The number of hydrogen-bond acceptors (Lipinski definition) is 5. The zero-order chi connectivity index (χ0) is 12.5. The topological polar surface area (TPSA) is 76.7 Å². The smallest absolute Gasteiger partial charge is 0.329 e. The molecule has 96 valence electrons. The molecule has 0 aliphatic heterocycles. The molecule has 1 aliphatic rings. The minimum atomic E-state index is -0.110. The van der Waals surface area contributed by atoms with E-state index in [2.05, 4.69) is 21.6 Å². The summed E-state index contributed by atoms with van der Waals surface area (Å²) in [6.07, 6.45) is 2.14. The van der Waals surface area contributed by atoms with Crippen molar-refractivity contribution in [2.24, 2.45) is 5.73 Å². The van der Waals surface area contributed by atoms with Crippen LogP contribution >= 0.6 is 23.1 Å². The van der Waals surface area contributed by atoms with Gasteiger partial charge in [0.15, 0.2) is 5.16 Å². The summed E-state index contributed by atoms with van der Waals surface area (Å²) >= 11 is 3.22. The highest BCUT2D eigenvalue weighted by molar-refractivity contribution is 7.99. The monoisotopic (exact) mass is 282 g/mol. The van der Waals surface area contributed by atoms with Crippen molar-refractivity contribution in [3.8, 4) is 0 Å². The minimum absolute atomic E-state index is 0.110. The summed E-state index contributed by atoms with van der Waals surface area (Å²) in [5, 5.41) is 11.7. The second kappa shape index (κ2) is 4.91. The molecule has 1 atom stereocenters. The van der Waals surface area contributed by atoms with Crippen molar-refractivity contribution in [2.45, 2.75) is 29.3 Å². The van der Waals surface area contributed by atoms with Gasteiger partial charge in [0.05, 0.1) is 5.25 Å². The van der Waals surface area contributed by atoms with Crippen molar-refractivity contribution >= 4 is 23.1 Å². The number of hydrogen-bond donors (Lipinski definition) is 2. The number of nitrogens with two attached hydrogens (primary N) is 1. The van der Waals surface area contributed by atoms with E-state index in [1.165, 1.54) is 5.56 Å². The van der Waals surface area contributed by atoms with Crippen LogP contribution in [0, 0.1) is 0 Å². The summed E-state index contributed by atoms with van der Waals surface area (Å²) in [6, 6.07) is 2.40. The Morgan fingerprint density at radius 2 is 2.50 bits per heavy atom. The molecule has 1 aliphatic carbocycles. The van der Waals surface area contributed by atoms with Crippen LogP contribution in [0.25, 0.3) is 0 Å². The molecule has 0 radical (unpaired) electrons. The van der Waals surface area contributed by atoms with E-state index in [0.29, 0.717) is 12.6 Å². The van der Waals surface area contributed by atoms with E-state index < -0.39 is 0 Å². The number of aromatic nitrogens is 3. The zero-order valence-electron chi connectivity index (χ0n) is 9.70. The van der Waals surface area contributed by atoms with Crippen LogP contribution in [0.15, 0.2) is 26.8 Å². The van der Waals surface area contributed by atoms with Gasteiger partial charge in [-0.3, -0.25) is 4.57 Å². The van der Waals surface area contributed by atoms with Crippen molar-refractivity contribution in [2.75, 3.05) is 6.54 Å². The van der Waals surface area contributed by atoms with Crippen LogP contribution < -0.4 is 11.4 Å². The van der Waals surface area contributed by atoms with Crippen LogP contribution in [0.2, 0.25) is 0 Å². The summed E-state index contributed by atoms with van der Waals surface area (Å²) in [7, 11) is 0. The van der Waals surface area contributed by atoms with Crippen LogP contribution in [0.3, 0.4) is 0 Å². The maximum atomic E-state index is 11.7. The Bertz CT molecular complexity index is 570. The van der Waals surface area contributed by atoms with Crippen LogP contribution in [-0.4, -0.2) is 21.3 Å². The van der Waals surface area contributed by atoms with Gasteiger partial charge in [-0.05, 0) is 35.2 Å². The fourth-order valence-electron chi connectivity index (χ4n) is 1.87. The Hall–Kier alpha value is -1.05. The number of thiophene rings is 1. The lowest BCUT2D eigenvalue weighted by atomic mass is 10.2. The Labute approximate surface area is 112 Å². The Balaban J connectivity index is 1.85. The third-order valence-electron chi connectivity index (χ3n) is 2.96. The second-order valence-corrected chi connectivity index (χ2v) is 6.26. The lowest BCUT2D eigenvalue weighted by molar-refractivity contribution is 0.641. The molecule has 0 aromatic carbocycles. The molecule has 18 heavy (non-hydrogen) atoms. The second-order valence-electron chi connectivity index (χ2n) is 4.31. The molecule has 2 aromatic heterocycles. The molecule has 2 aromatic rings. The van der Waals surface area contributed by atoms with Crippen LogP contribution in [-0.2, 0) is 0 Å². The van der Waals surface area contributed by atoms with E-state index in [1.54, 1.807) is 27.7 Å². The first-order valence-electron chi connectivity index (χ1n) is 5.85.